The minimum atomic E-state index is -3.73. The van der Waals surface area contributed by atoms with E-state index in [2.05, 4.69) is 5.32 Å². The van der Waals surface area contributed by atoms with Crippen molar-refractivity contribution in [2.45, 2.75) is 36.7 Å². The zero-order chi connectivity index (χ0) is 22.2. The van der Waals surface area contributed by atoms with Crippen LogP contribution in [0.2, 0.25) is 0 Å². The number of fused-ring (bicyclic) bond motifs is 1. The summed E-state index contributed by atoms with van der Waals surface area (Å²) >= 11 is 1.64. The fourth-order valence-electron chi connectivity index (χ4n) is 4.00. The van der Waals surface area contributed by atoms with Crippen LogP contribution in [0.15, 0.2) is 40.6 Å². The Kier molecular flexibility index (Phi) is 6.23. The zero-order valence-corrected chi connectivity index (χ0v) is 19.6. The third kappa shape index (κ3) is 4.85. The average molecular weight is 484 g/mol. The Bertz CT molecular complexity index is 1190. The number of hydrogen-bond acceptors (Lipinski definition) is 6. The fraction of sp³-hybridized carbons (Fsp3) is 0.450. The molecule has 0 radical (unpaired) electrons. The lowest BCUT2D eigenvalue weighted by atomic mass is 10.1. The second kappa shape index (κ2) is 8.62. The summed E-state index contributed by atoms with van der Waals surface area (Å²) in [6, 6.07) is 7.67. The quantitative estimate of drug-likeness (QED) is 0.697. The third-order valence-corrected chi connectivity index (χ3v) is 9.83. The fourth-order valence-corrected chi connectivity index (χ4v) is 7.27. The molecular weight excluding hydrogens is 458 g/mol. The van der Waals surface area contributed by atoms with E-state index >= 15 is 0 Å². The highest BCUT2D eigenvalue weighted by atomic mass is 32.2. The predicted molar refractivity (Wildman–Crippen MR) is 119 cm³/mol. The second-order valence-electron chi connectivity index (χ2n) is 7.92. The molecular formula is C20H25N3O5S3. The second-order valence-corrected chi connectivity index (χ2v) is 12.8. The van der Waals surface area contributed by atoms with Gasteiger partial charge in [0.1, 0.15) is 0 Å². The van der Waals surface area contributed by atoms with Gasteiger partial charge < -0.3 is 5.32 Å². The van der Waals surface area contributed by atoms with Crippen LogP contribution >= 0.6 is 11.3 Å². The number of carbonyl (C=O) groups is 1. The first-order valence-electron chi connectivity index (χ1n) is 10.1. The molecule has 0 bridgehead atoms. The molecule has 1 aromatic carbocycles. The highest BCUT2D eigenvalue weighted by molar-refractivity contribution is 7.89. The van der Waals surface area contributed by atoms with Gasteiger partial charge in [-0.05, 0) is 54.5 Å². The van der Waals surface area contributed by atoms with Crippen molar-refractivity contribution in [2.75, 3.05) is 25.9 Å². The Morgan fingerprint density at radius 1 is 1.13 bits per heavy atom. The van der Waals surface area contributed by atoms with Crippen LogP contribution in [0, 0.1) is 0 Å². The molecule has 0 aliphatic carbocycles. The number of sulfonamides is 2. The molecule has 2 aliphatic rings. The van der Waals surface area contributed by atoms with Gasteiger partial charge in [0, 0.05) is 42.7 Å². The Morgan fingerprint density at radius 2 is 1.94 bits per heavy atom. The summed E-state index contributed by atoms with van der Waals surface area (Å²) in [7, 11) is -7.05. The van der Waals surface area contributed by atoms with Crippen molar-refractivity contribution in [3.8, 4) is 0 Å². The molecule has 3 heterocycles. The van der Waals surface area contributed by atoms with E-state index in [1.54, 1.807) is 23.5 Å². The van der Waals surface area contributed by atoms with Gasteiger partial charge in [-0.15, -0.1) is 11.3 Å². The van der Waals surface area contributed by atoms with Crippen LogP contribution < -0.4 is 5.32 Å². The average Bonchev–Trinajstić information content (AvgIpc) is 3.21. The Balaban J connectivity index is 1.48. The lowest BCUT2D eigenvalue weighted by Gasteiger charge is -2.31. The van der Waals surface area contributed by atoms with E-state index in [1.807, 2.05) is 11.4 Å². The molecule has 2 aromatic rings. The summed E-state index contributed by atoms with van der Waals surface area (Å²) < 4.78 is 52.7. The van der Waals surface area contributed by atoms with Crippen LogP contribution in [0.4, 0.5) is 0 Å². The van der Waals surface area contributed by atoms with E-state index in [0.29, 0.717) is 38.9 Å². The van der Waals surface area contributed by atoms with Gasteiger partial charge in [0.2, 0.25) is 20.0 Å². The van der Waals surface area contributed by atoms with E-state index < -0.39 is 26.0 Å². The molecule has 1 atom stereocenters. The van der Waals surface area contributed by atoms with Gasteiger partial charge in [0.05, 0.1) is 11.2 Å². The molecule has 11 heteroatoms. The van der Waals surface area contributed by atoms with Crippen molar-refractivity contribution in [3.63, 3.8) is 0 Å². The van der Waals surface area contributed by atoms with Gasteiger partial charge in [-0.25, -0.2) is 21.1 Å². The molecule has 1 unspecified atom stereocenters. The summed E-state index contributed by atoms with van der Waals surface area (Å²) in [5.74, 6) is -0.406. The lowest BCUT2D eigenvalue weighted by Crippen LogP contribution is -2.49. The molecule has 8 nitrogen and oxygen atoms in total. The number of rotatable bonds is 5. The highest BCUT2D eigenvalue weighted by Gasteiger charge is 2.30. The molecule has 31 heavy (non-hydrogen) atoms. The molecule has 1 N–H and O–H groups in total. The normalized spacial score (nSPS) is 20.9. The summed E-state index contributed by atoms with van der Waals surface area (Å²) in [5, 5.41) is 4.83. The molecule has 0 saturated carbocycles. The summed E-state index contributed by atoms with van der Waals surface area (Å²) in [5.41, 5.74) is 1.27. The van der Waals surface area contributed by atoms with Crippen LogP contribution in [-0.4, -0.2) is 63.3 Å². The minimum absolute atomic E-state index is 0.0836. The summed E-state index contributed by atoms with van der Waals surface area (Å²) in [4.78, 5) is 14.1. The van der Waals surface area contributed by atoms with Gasteiger partial charge in [0.15, 0.2) is 0 Å². The largest absolute Gasteiger partial charge is 0.348 e. The number of nitrogens with zero attached hydrogens (tertiary/aromatic N) is 2. The van der Waals surface area contributed by atoms with E-state index in [9.17, 15) is 21.6 Å². The van der Waals surface area contributed by atoms with Crippen LogP contribution in [0.3, 0.4) is 0 Å². The molecule has 2 aliphatic heterocycles. The molecule has 1 aromatic heterocycles. The Labute approximate surface area is 187 Å². The minimum Gasteiger partial charge on any atom is -0.348 e. The first kappa shape index (κ1) is 22.4. The maximum atomic E-state index is 13.2. The SMILES string of the molecule is CS(=O)(=O)N1CCCC(NC(=O)c2cccc(S(=O)(=O)N3CCc4sccc4C3)c2)C1. The first-order chi connectivity index (χ1) is 14.6. The van der Waals surface area contributed by atoms with Gasteiger partial charge in [-0.3, -0.25) is 4.79 Å². The smallest absolute Gasteiger partial charge is 0.251 e. The summed E-state index contributed by atoms with van der Waals surface area (Å²) in [6.07, 6.45) is 3.18. The van der Waals surface area contributed by atoms with Crippen molar-refractivity contribution < 1.29 is 21.6 Å². The number of carbonyl (C=O) groups excluding carboxylic acids is 1. The molecule has 0 spiro atoms. The van der Waals surface area contributed by atoms with Crippen LogP contribution in [0.5, 0.6) is 0 Å². The van der Waals surface area contributed by atoms with Gasteiger partial charge >= 0.3 is 0 Å². The molecule has 1 amide bonds. The lowest BCUT2D eigenvalue weighted by molar-refractivity contribution is 0.0921. The number of benzene rings is 1. The Morgan fingerprint density at radius 3 is 2.71 bits per heavy atom. The van der Waals surface area contributed by atoms with Gasteiger partial charge in [0.25, 0.3) is 5.91 Å². The maximum Gasteiger partial charge on any atom is 0.251 e. The molecule has 1 saturated heterocycles. The van der Waals surface area contributed by atoms with Crippen molar-refractivity contribution >= 4 is 37.3 Å². The monoisotopic (exact) mass is 483 g/mol. The van der Waals surface area contributed by atoms with Crippen LogP contribution in [0.1, 0.15) is 33.6 Å². The predicted octanol–water partition coefficient (Wildman–Crippen LogP) is 1.65. The highest BCUT2D eigenvalue weighted by Crippen LogP contribution is 2.28. The van der Waals surface area contributed by atoms with Gasteiger partial charge in [-0.1, -0.05) is 6.07 Å². The van der Waals surface area contributed by atoms with E-state index in [4.69, 9.17) is 0 Å². The van der Waals surface area contributed by atoms with Gasteiger partial charge in [-0.2, -0.15) is 4.31 Å². The standard InChI is InChI=1S/C20H25N3O5S3/c1-30(25,26)22-9-3-5-17(14-22)21-20(24)15-4-2-6-18(12-15)31(27,28)23-10-7-19-16(13-23)8-11-29-19/h2,4,6,8,11-12,17H,3,5,7,9-10,13-14H2,1H3,(H,21,24). The zero-order valence-electron chi connectivity index (χ0n) is 17.2. The van der Waals surface area contributed by atoms with Crippen molar-refractivity contribution in [3.05, 3.63) is 51.7 Å². The maximum absolute atomic E-state index is 13.2. The Hall–Kier alpha value is -1.79. The first-order valence-corrected chi connectivity index (χ1v) is 14.2. The van der Waals surface area contributed by atoms with Crippen LogP contribution in [-0.2, 0) is 33.0 Å². The number of nitrogens with one attached hydrogen (secondary N) is 1. The van der Waals surface area contributed by atoms with E-state index in [0.717, 1.165) is 11.8 Å². The van der Waals surface area contributed by atoms with E-state index in [1.165, 1.54) is 25.6 Å². The van der Waals surface area contributed by atoms with Crippen molar-refractivity contribution in [1.82, 2.24) is 13.9 Å². The number of piperidine rings is 1. The number of thiophene rings is 1. The van der Waals surface area contributed by atoms with Crippen molar-refractivity contribution in [1.29, 1.82) is 0 Å². The molecule has 168 valence electrons. The van der Waals surface area contributed by atoms with Crippen molar-refractivity contribution in [2.24, 2.45) is 0 Å². The van der Waals surface area contributed by atoms with E-state index in [-0.39, 0.29) is 23.0 Å². The summed E-state index contributed by atoms with van der Waals surface area (Å²) in [6.45, 7) is 1.41. The third-order valence-electron chi connectivity index (χ3n) is 5.70. The molecule has 1 fully saturated rings. The number of hydrogen-bond donors (Lipinski definition) is 1. The topological polar surface area (TPSA) is 104 Å². The number of amides is 1. The van der Waals surface area contributed by atoms with Crippen LogP contribution in [0.25, 0.3) is 0 Å². The molecule has 4 rings (SSSR count).